The number of nitrogens with zero attached hydrogens (tertiary/aromatic N) is 1. The molecular formula is C21H26N2O4S. The minimum Gasteiger partial charge on any atom is -0.350 e. The normalized spacial score (nSPS) is 12.6. The van der Waals surface area contributed by atoms with Gasteiger partial charge in [-0.3, -0.25) is 9.59 Å². The van der Waals surface area contributed by atoms with Crippen LogP contribution in [-0.4, -0.2) is 38.0 Å². The minimum atomic E-state index is -3.66. The molecule has 0 aromatic heterocycles. The first-order valence-electron chi connectivity index (χ1n) is 9.13. The monoisotopic (exact) mass is 402 g/mol. The molecule has 0 saturated carbocycles. The maximum absolute atomic E-state index is 12.6. The van der Waals surface area contributed by atoms with Crippen molar-refractivity contribution in [3.05, 3.63) is 65.7 Å². The number of nitrogens with one attached hydrogen (secondary N) is 1. The second-order valence-electron chi connectivity index (χ2n) is 6.71. The summed E-state index contributed by atoms with van der Waals surface area (Å²) in [7, 11) is -2.17. The van der Waals surface area contributed by atoms with Gasteiger partial charge in [0.25, 0.3) is 0 Å². The van der Waals surface area contributed by atoms with Crippen LogP contribution in [0.15, 0.2) is 59.5 Å². The molecular weight excluding hydrogens is 376 g/mol. The molecule has 0 heterocycles. The molecule has 2 aromatic rings. The summed E-state index contributed by atoms with van der Waals surface area (Å²) in [6.07, 6.45) is 0.648. The predicted octanol–water partition coefficient (Wildman–Crippen LogP) is 3.17. The summed E-state index contributed by atoms with van der Waals surface area (Å²) in [6, 6.07) is 15.4. The Labute approximate surface area is 166 Å². The lowest BCUT2D eigenvalue weighted by Crippen LogP contribution is -2.30. The van der Waals surface area contributed by atoms with Crippen molar-refractivity contribution < 1.29 is 18.0 Å². The van der Waals surface area contributed by atoms with Crippen LogP contribution in [0.25, 0.3) is 0 Å². The van der Waals surface area contributed by atoms with Crippen molar-refractivity contribution in [2.45, 2.75) is 37.6 Å². The van der Waals surface area contributed by atoms with Gasteiger partial charge in [0.05, 0.1) is 10.9 Å². The number of rotatable bonds is 9. The third kappa shape index (κ3) is 5.74. The fraction of sp³-hybridized carbons (Fsp3) is 0.333. The van der Waals surface area contributed by atoms with Crippen LogP contribution in [0.4, 0.5) is 0 Å². The number of Topliss-reactive ketones (excluding diaryl/α,β-unsaturated/α-hetero) is 1. The Morgan fingerprint density at radius 2 is 1.64 bits per heavy atom. The van der Waals surface area contributed by atoms with Crippen LogP contribution < -0.4 is 5.32 Å². The predicted molar refractivity (Wildman–Crippen MR) is 108 cm³/mol. The molecule has 1 amide bonds. The second-order valence-corrected chi connectivity index (χ2v) is 8.76. The van der Waals surface area contributed by atoms with Crippen molar-refractivity contribution in [3.63, 3.8) is 0 Å². The fourth-order valence-corrected chi connectivity index (χ4v) is 3.97. The van der Waals surface area contributed by atoms with Crippen molar-refractivity contribution in [1.82, 2.24) is 9.62 Å². The zero-order valence-corrected chi connectivity index (χ0v) is 17.2. The van der Waals surface area contributed by atoms with E-state index in [1.54, 1.807) is 0 Å². The van der Waals surface area contributed by atoms with E-state index in [2.05, 4.69) is 5.32 Å². The van der Waals surface area contributed by atoms with E-state index in [1.807, 2.05) is 37.3 Å². The Bertz CT molecular complexity index is 909. The number of amides is 1. The van der Waals surface area contributed by atoms with E-state index in [-0.39, 0.29) is 35.6 Å². The first kappa shape index (κ1) is 21.8. The highest BCUT2D eigenvalue weighted by Gasteiger charge is 2.21. The Morgan fingerprint density at radius 1 is 1.04 bits per heavy atom. The molecule has 2 rings (SSSR count). The molecule has 0 aliphatic carbocycles. The fourth-order valence-electron chi connectivity index (χ4n) is 2.76. The lowest BCUT2D eigenvalue weighted by atomic mass is 10.1. The molecule has 0 bridgehead atoms. The molecule has 1 atom stereocenters. The van der Waals surface area contributed by atoms with Crippen molar-refractivity contribution in [2.24, 2.45) is 0 Å². The van der Waals surface area contributed by atoms with Gasteiger partial charge in [0, 0.05) is 25.6 Å². The maximum Gasteiger partial charge on any atom is 0.242 e. The Hall–Kier alpha value is -2.51. The summed E-state index contributed by atoms with van der Waals surface area (Å²) in [5.41, 5.74) is 1.48. The van der Waals surface area contributed by atoms with Crippen LogP contribution in [0.5, 0.6) is 0 Å². The molecule has 0 saturated heterocycles. The van der Waals surface area contributed by atoms with E-state index in [9.17, 15) is 18.0 Å². The summed E-state index contributed by atoms with van der Waals surface area (Å²) in [5, 5.41) is 2.92. The zero-order chi connectivity index (χ0) is 20.7. The molecule has 0 spiro atoms. The number of sulfonamides is 1. The van der Waals surface area contributed by atoms with Gasteiger partial charge in [-0.2, -0.15) is 0 Å². The Morgan fingerprint density at radius 3 is 2.21 bits per heavy atom. The van der Waals surface area contributed by atoms with Crippen LogP contribution in [0.2, 0.25) is 0 Å². The summed E-state index contributed by atoms with van der Waals surface area (Å²) in [4.78, 5) is 23.6. The summed E-state index contributed by atoms with van der Waals surface area (Å²) >= 11 is 0. The molecule has 1 N–H and O–H groups in total. The van der Waals surface area contributed by atoms with Gasteiger partial charge >= 0.3 is 0 Å². The van der Waals surface area contributed by atoms with Gasteiger partial charge in [0.2, 0.25) is 15.9 Å². The Balaban J connectivity index is 1.86. The van der Waals surface area contributed by atoms with E-state index >= 15 is 0 Å². The van der Waals surface area contributed by atoms with Crippen LogP contribution >= 0.6 is 0 Å². The summed E-state index contributed by atoms with van der Waals surface area (Å²) < 4.78 is 26.4. The molecule has 6 nitrogen and oxygen atoms in total. The van der Waals surface area contributed by atoms with Crippen LogP contribution in [0.3, 0.4) is 0 Å². The van der Waals surface area contributed by atoms with E-state index in [0.29, 0.717) is 12.0 Å². The van der Waals surface area contributed by atoms with E-state index in [4.69, 9.17) is 0 Å². The topological polar surface area (TPSA) is 83.6 Å². The zero-order valence-electron chi connectivity index (χ0n) is 16.4. The van der Waals surface area contributed by atoms with E-state index in [0.717, 1.165) is 5.56 Å². The molecule has 0 aliphatic rings. The number of hydrogen-bond donors (Lipinski definition) is 1. The third-order valence-corrected chi connectivity index (χ3v) is 6.39. The van der Waals surface area contributed by atoms with Crippen LogP contribution in [0, 0.1) is 0 Å². The third-order valence-electron chi connectivity index (χ3n) is 4.52. The van der Waals surface area contributed by atoms with Crippen molar-refractivity contribution >= 4 is 21.7 Å². The van der Waals surface area contributed by atoms with Crippen LogP contribution in [0.1, 0.15) is 48.7 Å². The lowest BCUT2D eigenvalue weighted by molar-refractivity contribution is -0.121. The summed E-state index contributed by atoms with van der Waals surface area (Å²) in [6.45, 7) is 3.57. The standard InChI is InChI=1S/C21H26N2O4S/c1-16(18-8-5-4-6-9-18)22-21(25)10-7-15-23(3)28(26,27)20-13-11-19(12-14-20)17(2)24/h4-6,8-9,11-14,16H,7,10,15H2,1-3H3,(H,22,25)/t16-/m0/s1. The maximum atomic E-state index is 12.6. The van der Waals surface area contributed by atoms with Gasteiger partial charge in [-0.1, -0.05) is 42.5 Å². The average Bonchev–Trinajstić information content (AvgIpc) is 2.68. The van der Waals surface area contributed by atoms with Gasteiger partial charge in [-0.25, -0.2) is 12.7 Å². The van der Waals surface area contributed by atoms with Crippen molar-refractivity contribution in [3.8, 4) is 0 Å². The van der Waals surface area contributed by atoms with Gasteiger partial charge in [0.1, 0.15) is 0 Å². The van der Waals surface area contributed by atoms with Crippen molar-refractivity contribution in [2.75, 3.05) is 13.6 Å². The van der Waals surface area contributed by atoms with Gasteiger partial charge < -0.3 is 5.32 Å². The molecule has 150 valence electrons. The molecule has 7 heteroatoms. The molecule has 0 fully saturated rings. The number of benzene rings is 2. The SMILES string of the molecule is CC(=O)c1ccc(S(=O)(=O)N(C)CCCC(=O)N[C@@H](C)c2ccccc2)cc1. The van der Waals surface area contributed by atoms with Crippen molar-refractivity contribution in [1.29, 1.82) is 0 Å². The van der Waals surface area contributed by atoms with Gasteiger partial charge in [-0.05, 0) is 38.0 Å². The van der Waals surface area contributed by atoms with E-state index in [1.165, 1.54) is 42.5 Å². The smallest absolute Gasteiger partial charge is 0.242 e. The molecule has 0 radical (unpaired) electrons. The number of carbonyl (C=O) groups is 2. The average molecular weight is 403 g/mol. The largest absolute Gasteiger partial charge is 0.350 e. The minimum absolute atomic E-state index is 0.102. The Kier molecular flexibility index (Phi) is 7.48. The van der Waals surface area contributed by atoms with Gasteiger partial charge in [-0.15, -0.1) is 0 Å². The quantitative estimate of drug-likeness (QED) is 0.653. The summed E-state index contributed by atoms with van der Waals surface area (Å²) in [5.74, 6) is -0.235. The van der Waals surface area contributed by atoms with Gasteiger partial charge in [0.15, 0.2) is 5.78 Å². The highest BCUT2D eigenvalue weighted by molar-refractivity contribution is 7.89. The number of carbonyl (C=O) groups excluding carboxylic acids is 2. The van der Waals surface area contributed by atoms with E-state index < -0.39 is 10.0 Å². The first-order valence-corrected chi connectivity index (χ1v) is 10.6. The molecule has 28 heavy (non-hydrogen) atoms. The highest BCUT2D eigenvalue weighted by atomic mass is 32.2. The van der Waals surface area contributed by atoms with Crippen LogP contribution in [-0.2, 0) is 14.8 Å². The molecule has 0 unspecified atom stereocenters. The first-order chi connectivity index (χ1) is 13.2. The number of ketones is 1. The second kappa shape index (κ2) is 9.61. The molecule has 0 aliphatic heterocycles. The number of hydrogen-bond acceptors (Lipinski definition) is 4. The lowest BCUT2D eigenvalue weighted by Gasteiger charge is -2.18. The highest BCUT2D eigenvalue weighted by Crippen LogP contribution is 2.16. The molecule has 2 aromatic carbocycles.